The summed E-state index contributed by atoms with van der Waals surface area (Å²) in [6.45, 7) is 2.49. The number of hydrogen-bond donors (Lipinski definition) is 2. The van der Waals surface area contributed by atoms with E-state index < -0.39 is 5.60 Å². The topological polar surface area (TPSA) is 50.7 Å². The minimum absolute atomic E-state index is 0.161. The zero-order valence-electron chi connectivity index (χ0n) is 15.5. The Bertz CT molecular complexity index is 670. The molecule has 1 fully saturated rings. The molecule has 3 rings (SSSR count). The molecule has 1 unspecified atom stereocenters. The first-order valence-corrected chi connectivity index (χ1v) is 9.48. The maximum absolute atomic E-state index is 11.8. The number of aliphatic hydroxyl groups is 1. The van der Waals surface area contributed by atoms with Crippen LogP contribution in [0.4, 0.5) is 0 Å². The predicted octanol–water partition coefficient (Wildman–Crippen LogP) is 4.09. The van der Waals surface area contributed by atoms with Crippen LogP contribution in [0.2, 0.25) is 0 Å². The van der Waals surface area contributed by atoms with E-state index in [1.54, 1.807) is 7.11 Å². The van der Waals surface area contributed by atoms with Gasteiger partial charge in [0.25, 0.3) is 0 Å². The summed E-state index contributed by atoms with van der Waals surface area (Å²) in [5.74, 6) is 1.67. The minimum Gasteiger partial charge on any atom is -0.457 e. The van der Waals surface area contributed by atoms with E-state index in [2.05, 4.69) is 5.32 Å². The SMILES string of the molecule is COCCC[C@@](O)(c1ccccc1Oc1ccccc1)C1CCCNC1. The zero-order valence-corrected chi connectivity index (χ0v) is 15.5. The van der Waals surface area contributed by atoms with Crippen LogP contribution in [-0.4, -0.2) is 31.9 Å². The highest BCUT2D eigenvalue weighted by Gasteiger charge is 2.40. The Morgan fingerprint density at radius 1 is 1.12 bits per heavy atom. The van der Waals surface area contributed by atoms with Crippen LogP contribution in [0.5, 0.6) is 11.5 Å². The molecule has 0 aromatic heterocycles. The third-order valence-corrected chi connectivity index (χ3v) is 5.20. The molecular formula is C22H29NO3. The van der Waals surface area contributed by atoms with Crippen LogP contribution >= 0.6 is 0 Å². The van der Waals surface area contributed by atoms with Crippen molar-refractivity contribution in [2.45, 2.75) is 31.3 Å². The highest BCUT2D eigenvalue weighted by atomic mass is 16.5. The Morgan fingerprint density at radius 2 is 1.88 bits per heavy atom. The number of benzene rings is 2. The van der Waals surface area contributed by atoms with Crippen LogP contribution < -0.4 is 10.1 Å². The second-order valence-electron chi connectivity index (χ2n) is 6.98. The monoisotopic (exact) mass is 355 g/mol. The molecule has 1 aliphatic rings. The van der Waals surface area contributed by atoms with Crippen molar-refractivity contribution in [1.29, 1.82) is 0 Å². The lowest BCUT2D eigenvalue weighted by Gasteiger charge is -2.40. The number of para-hydroxylation sites is 2. The lowest BCUT2D eigenvalue weighted by atomic mass is 9.74. The number of rotatable bonds is 8. The van der Waals surface area contributed by atoms with Gasteiger partial charge in [0.05, 0.1) is 5.60 Å². The Kier molecular flexibility index (Phi) is 6.67. The molecule has 2 aromatic carbocycles. The minimum atomic E-state index is -0.933. The first-order valence-electron chi connectivity index (χ1n) is 9.48. The highest BCUT2D eigenvalue weighted by Crippen LogP contribution is 2.43. The summed E-state index contributed by atoms with van der Waals surface area (Å²) in [5.41, 5.74) is -0.0641. The van der Waals surface area contributed by atoms with Gasteiger partial charge < -0.3 is 19.9 Å². The van der Waals surface area contributed by atoms with Gasteiger partial charge in [-0.15, -0.1) is 0 Å². The van der Waals surface area contributed by atoms with E-state index in [1.165, 1.54) is 0 Å². The van der Waals surface area contributed by atoms with Gasteiger partial charge in [-0.1, -0.05) is 36.4 Å². The molecule has 2 aromatic rings. The molecule has 140 valence electrons. The summed E-state index contributed by atoms with van der Waals surface area (Å²) in [6, 6.07) is 17.6. The van der Waals surface area contributed by atoms with Gasteiger partial charge in [-0.3, -0.25) is 0 Å². The normalized spacial score (nSPS) is 19.7. The van der Waals surface area contributed by atoms with Crippen LogP contribution in [0.15, 0.2) is 54.6 Å². The predicted molar refractivity (Wildman–Crippen MR) is 104 cm³/mol. The fraction of sp³-hybridized carbons (Fsp3) is 0.455. The Hall–Kier alpha value is -1.88. The van der Waals surface area contributed by atoms with Crippen molar-refractivity contribution in [2.75, 3.05) is 26.8 Å². The summed E-state index contributed by atoms with van der Waals surface area (Å²) < 4.78 is 11.4. The van der Waals surface area contributed by atoms with Crippen molar-refractivity contribution in [1.82, 2.24) is 5.32 Å². The van der Waals surface area contributed by atoms with E-state index in [0.29, 0.717) is 13.0 Å². The van der Waals surface area contributed by atoms with Gasteiger partial charge in [-0.25, -0.2) is 0 Å². The first kappa shape index (κ1) is 18.9. The molecular weight excluding hydrogens is 326 g/mol. The summed E-state index contributed by atoms with van der Waals surface area (Å²) in [4.78, 5) is 0. The molecule has 2 N–H and O–H groups in total. The smallest absolute Gasteiger partial charge is 0.133 e. The molecule has 0 amide bonds. The Morgan fingerprint density at radius 3 is 2.62 bits per heavy atom. The van der Waals surface area contributed by atoms with E-state index >= 15 is 0 Å². The molecule has 2 atom stereocenters. The standard InChI is InChI=1S/C22H29NO3/c1-25-16-8-14-22(24,18-9-7-15-23-17-18)20-12-5-6-13-21(20)26-19-10-3-2-4-11-19/h2-6,10-13,18,23-24H,7-9,14-17H2,1H3/t18?,22-/m0/s1. The van der Waals surface area contributed by atoms with Crippen LogP contribution in [0.1, 0.15) is 31.2 Å². The van der Waals surface area contributed by atoms with Gasteiger partial charge >= 0.3 is 0 Å². The molecule has 0 spiro atoms. The Balaban J connectivity index is 1.92. The van der Waals surface area contributed by atoms with Gasteiger partial charge in [0.15, 0.2) is 0 Å². The summed E-state index contributed by atoms with van der Waals surface area (Å²) in [6.07, 6.45) is 3.56. The number of ether oxygens (including phenoxy) is 2. The third-order valence-electron chi connectivity index (χ3n) is 5.20. The number of nitrogens with one attached hydrogen (secondary N) is 1. The van der Waals surface area contributed by atoms with Crippen LogP contribution in [0.3, 0.4) is 0 Å². The molecule has 26 heavy (non-hydrogen) atoms. The van der Waals surface area contributed by atoms with Crippen molar-refractivity contribution in [3.63, 3.8) is 0 Å². The zero-order chi connectivity index (χ0) is 18.2. The number of piperidine rings is 1. The molecule has 0 bridgehead atoms. The fourth-order valence-corrected chi connectivity index (χ4v) is 3.83. The van der Waals surface area contributed by atoms with Crippen molar-refractivity contribution in [3.8, 4) is 11.5 Å². The van der Waals surface area contributed by atoms with E-state index in [1.807, 2.05) is 54.6 Å². The average Bonchev–Trinajstić information content (AvgIpc) is 2.70. The van der Waals surface area contributed by atoms with Gasteiger partial charge in [0.2, 0.25) is 0 Å². The number of hydrogen-bond acceptors (Lipinski definition) is 4. The summed E-state index contributed by atoms with van der Waals surface area (Å²) >= 11 is 0. The van der Waals surface area contributed by atoms with Gasteiger partial charge in [-0.05, 0) is 50.4 Å². The lowest BCUT2D eigenvalue weighted by molar-refractivity contribution is -0.0471. The summed E-state index contributed by atoms with van der Waals surface area (Å²) in [7, 11) is 1.70. The molecule has 0 saturated carbocycles. The quantitative estimate of drug-likeness (QED) is 0.700. The van der Waals surface area contributed by atoms with Crippen molar-refractivity contribution >= 4 is 0 Å². The van der Waals surface area contributed by atoms with Crippen molar-refractivity contribution < 1.29 is 14.6 Å². The maximum Gasteiger partial charge on any atom is 0.133 e. The molecule has 0 radical (unpaired) electrons. The maximum atomic E-state index is 11.8. The third kappa shape index (κ3) is 4.44. The number of methoxy groups -OCH3 is 1. The van der Waals surface area contributed by atoms with E-state index in [-0.39, 0.29) is 5.92 Å². The van der Waals surface area contributed by atoms with Gasteiger partial charge in [-0.2, -0.15) is 0 Å². The molecule has 1 aliphatic heterocycles. The van der Waals surface area contributed by atoms with Crippen LogP contribution in [0, 0.1) is 5.92 Å². The molecule has 1 saturated heterocycles. The second kappa shape index (κ2) is 9.17. The van der Waals surface area contributed by atoms with Crippen molar-refractivity contribution in [2.24, 2.45) is 5.92 Å². The molecule has 0 aliphatic carbocycles. The largest absolute Gasteiger partial charge is 0.457 e. The van der Waals surface area contributed by atoms with Crippen LogP contribution in [-0.2, 0) is 10.3 Å². The van der Waals surface area contributed by atoms with Gasteiger partial charge in [0, 0.05) is 31.7 Å². The molecule has 4 heteroatoms. The van der Waals surface area contributed by atoms with Crippen molar-refractivity contribution in [3.05, 3.63) is 60.2 Å². The van der Waals surface area contributed by atoms with E-state index in [4.69, 9.17) is 9.47 Å². The molecule has 1 heterocycles. The van der Waals surface area contributed by atoms with E-state index in [9.17, 15) is 5.11 Å². The van der Waals surface area contributed by atoms with E-state index in [0.717, 1.165) is 49.4 Å². The summed E-state index contributed by atoms with van der Waals surface area (Å²) in [5, 5.41) is 15.3. The fourth-order valence-electron chi connectivity index (χ4n) is 3.83. The second-order valence-corrected chi connectivity index (χ2v) is 6.98. The van der Waals surface area contributed by atoms with Gasteiger partial charge in [0.1, 0.15) is 11.5 Å². The lowest BCUT2D eigenvalue weighted by Crippen LogP contribution is -2.44. The average molecular weight is 355 g/mol. The highest BCUT2D eigenvalue weighted by molar-refractivity contribution is 5.42. The molecule has 4 nitrogen and oxygen atoms in total. The Labute approximate surface area is 156 Å². The first-order chi connectivity index (χ1) is 12.7. The van der Waals surface area contributed by atoms with Crippen LogP contribution in [0.25, 0.3) is 0 Å².